The molecule has 152 valence electrons. The molecule has 0 aliphatic heterocycles. The standard InChI is InChI=1S/C20H12N6O4S/c27-20(15-7-9-18(30-15)26(28)29)21-13-4-1-3-12(11-13)14-6-8-17-22-23-19(25(17)24-14)16-5-2-10-31-16/h1-11H,(H,21,27). The number of rotatable bonds is 5. The third-order valence-corrected chi connectivity index (χ3v) is 5.28. The highest BCUT2D eigenvalue weighted by atomic mass is 32.1. The van der Waals surface area contributed by atoms with Gasteiger partial charge in [-0.05, 0) is 41.8 Å². The van der Waals surface area contributed by atoms with E-state index < -0.39 is 16.7 Å². The van der Waals surface area contributed by atoms with Crippen LogP contribution in [0.15, 0.2) is 70.5 Å². The summed E-state index contributed by atoms with van der Waals surface area (Å²) in [6, 6.07) is 17.0. The molecule has 0 atom stereocenters. The summed E-state index contributed by atoms with van der Waals surface area (Å²) in [7, 11) is 0. The van der Waals surface area contributed by atoms with Crippen LogP contribution in [0.3, 0.4) is 0 Å². The SMILES string of the molecule is O=C(Nc1cccc(-c2ccc3nnc(-c4cccs4)n3n2)c1)c1ccc([N+](=O)[O-])o1. The molecule has 0 bridgehead atoms. The maximum atomic E-state index is 12.4. The zero-order valence-corrected chi connectivity index (χ0v) is 16.4. The first kappa shape index (κ1) is 18.6. The highest BCUT2D eigenvalue weighted by Crippen LogP contribution is 2.26. The van der Waals surface area contributed by atoms with Crippen molar-refractivity contribution < 1.29 is 14.1 Å². The van der Waals surface area contributed by atoms with Crippen LogP contribution in [0.1, 0.15) is 10.6 Å². The van der Waals surface area contributed by atoms with Gasteiger partial charge in [-0.1, -0.05) is 18.2 Å². The van der Waals surface area contributed by atoms with Crippen molar-refractivity contribution >= 4 is 34.5 Å². The smallest absolute Gasteiger partial charge is 0.395 e. The molecule has 4 aromatic heterocycles. The van der Waals surface area contributed by atoms with Crippen molar-refractivity contribution in [3.63, 3.8) is 0 Å². The molecule has 31 heavy (non-hydrogen) atoms. The Balaban J connectivity index is 1.44. The summed E-state index contributed by atoms with van der Waals surface area (Å²) in [6.07, 6.45) is 0. The largest absolute Gasteiger partial charge is 0.433 e. The van der Waals surface area contributed by atoms with Crippen LogP contribution in [0.5, 0.6) is 0 Å². The number of aromatic nitrogens is 4. The summed E-state index contributed by atoms with van der Waals surface area (Å²) in [5, 5.41) is 28.4. The van der Waals surface area contributed by atoms with E-state index in [0.717, 1.165) is 16.5 Å². The summed E-state index contributed by atoms with van der Waals surface area (Å²) >= 11 is 1.55. The van der Waals surface area contributed by atoms with Crippen molar-refractivity contribution in [2.45, 2.75) is 0 Å². The molecular formula is C20H12N6O4S. The van der Waals surface area contributed by atoms with Crippen molar-refractivity contribution in [1.82, 2.24) is 19.8 Å². The molecule has 0 saturated heterocycles. The van der Waals surface area contributed by atoms with Gasteiger partial charge in [-0.2, -0.15) is 9.61 Å². The quantitative estimate of drug-likeness (QED) is 0.324. The highest BCUT2D eigenvalue weighted by Gasteiger charge is 2.18. The van der Waals surface area contributed by atoms with Gasteiger partial charge in [-0.25, -0.2) is 0 Å². The molecule has 1 N–H and O–H groups in total. The minimum absolute atomic E-state index is 0.151. The van der Waals surface area contributed by atoms with Gasteiger partial charge < -0.3 is 9.73 Å². The number of hydrogen-bond acceptors (Lipinski definition) is 8. The lowest BCUT2D eigenvalue weighted by Gasteiger charge is -2.07. The average molecular weight is 432 g/mol. The van der Waals surface area contributed by atoms with Crippen molar-refractivity contribution in [2.24, 2.45) is 0 Å². The maximum Gasteiger partial charge on any atom is 0.433 e. The molecule has 0 saturated carbocycles. The van der Waals surface area contributed by atoms with Crippen molar-refractivity contribution in [1.29, 1.82) is 0 Å². The average Bonchev–Trinajstić information content (AvgIpc) is 3.53. The molecule has 4 heterocycles. The van der Waals surface area contributed by atoms with E-state index in [9.17, 15) is 14.9 Å². The van der Waals surface area contributed by atoms with Gasteiger partial charge in [0.2, 0.25) is 0 Å². The molecule has 10 nitrogen and oxygen atoms in total. The fraction of sp³-hybridized carbons (Fsp3) is 0. The predicted octanol–water partition coefficient (Wildman–Crippen LogP) is 4.27. The van der Waals surface area contributed by atoms with Gasteiger partial charge in [0, 0.05) is 11.3 Å². The summed E-state index contributed by atoms with van der Waals surface area (Å²) in [5.74, 6) is -0.586. The molecule has 0 aliphatic carbocycles. The maximum absolute atomic E-state index is 12.4. The first-order valence-electron chi connectivity index (χ1n) is 9.01. The minimum Gasteiger partial charge on any atom is -0.395 e. The number of fused-ring (bicyclic) bond motifs is 1. The fourth-order valence-corrected chi connectivity index (χ4v) is 3.69. The molecule has 1 amide bonds. The van der Waals surface area contributed by atoms with Gasteiger partial charge in [0.05, 0.1) is 16.6 Å². The van der Waals surface area contributed by atoms with E-state index in [-0.39, 0.29) is 5.76 Å². The molecule has 0 unspecified atom stereocenters. The first-order valence-corrected chi connectivity index (χ1v) is 9.89. The lowest BCUT2D eigenvalue weighted by molar-refractivity contribution is -0.402. The molecule has 5 rings (SSSR count). The number of nitrogens with one attached hydrogen (secondary N) is 1. The van der Waals surface area contributed by atoms with E-state index in [1.165, 1.54) is 6.07 Å². The topological polar surface area (TPSA) is 128 Å². The first-order chi connectivity index (χ1) is 15.1. The van der Waals surface area contributed by atoms with Crippen LogP contribution in [0.25, 0.3) is 27.6 Å². The monoisotopic (exact) mass is 432 g/mol. The van der Waals surface area contributed by atoms with Gasteiger partial charge in [0.15, 0.2) is 17.2 Å². The zero-order chi connectivity index (χ0) is 21.4. The Morgan fingerprint density at radius 3 is 2.77 bits per heavy atom. The van der Waals surface area contributed by atoms with Crippen molar-refractivity contribution in [3.8, 4) is 22.0 Å². The Bertz CT molecular complexity index is 1420. The zero-order valence-electron chi connectivity index (χ0n) is 15.6. The molecule has 11 heteroatoms. The number of nitrogens with zero attached hydrogens (tertiary/aromatic N) is 5. The van der Waals surface area contributed by atoms with E-state index in [2.05, 4.69) is 20.6 Å². The number of anilines is 1. The molecular weight excluding hydrogens is 420 g/mol. The summed E-state index contributed by atoms with van der Waals surface area (Å²) in [5.41, 5.74) is 2.53. The van der Waals surface area contributed by atoms with Gasteiger partial charge in [0.1, 0.15) is 4.92 Å². The van der Waals surface area contributed by atoms with E-state index >= 15 is 0 Å². The van der Waals surface area contributed by atoms with E-state index in [1.807, 2.05) is 35.7 Å². The van der Waals surface area contributed by atoms with Crippen molar-refractivity contribution in [3.05, 3.63) is 81.9 Å². The molecule has 0 spiro atoms. The van der Waals surface area contributed by atoms with Gasteiger partial charge in [-0.15, -0.1) is 21.5 Å². The van der Waals surface area contributed by atoms with Crippen LogP contribution in [-0.2, 0) is 0 Å². The fourth-order valence-electron chi connectivity index (χ4n) is 3.00. The molecule has 0 fully saturated rings. The molecule has 0 aliphatic rings. The number of furan rings is 1. The van der Waals surface area contributed by atoms with Gasteiger partial charge in [0.25, 0.3) is 5.91 Å². The second-order valence-electron chi connectivity index (χ2n) is 6.42. The van der Waals surface area contributed by atoms with Crippen LogP contribution in [0.4, 0.5) is 11.6 Å². The number of benzene rings is 1. The Morgan fingerprint density at radius 2 is 2.00 bits per heavy atom. The summed E-state index contributed by atoms with van der Waals surface area (Å²) in [6.45, 7) is 0. The molecule has 5 aromatic rings. The van der Waals surface area contributed by atoms with Crippen LogP contribution in [-0.4, -0.2) is 30.6 Å². The third-order valence-electron chi connectivity index (χ3n) is 4.42. The Morgan fingerprint density at radius 1 is 1.10 bits per heavy atom. The second-order valence-corrected chi connectivity index (χ2v) is 7.37. The summed E-state index contributed by atoms with van der Waals surface area (Å²) < 4.78 is 6.62. The number of carbonyl (C=O) groups excluding carboxylic acids is 1. The van der Waals surface area contributed by atoms with Gasteiger partial charge >= 0.3 is 5.88 Å². The lowest BCUT2D eigenvalue weighted by Crippen LogP contribution is -2.10. The van der Waals surface area contributed by atoms with E-state index in [0.29, 0.717) is 22.9 Å². The van der Waals surface area contributed by atoms with Crippen LogP contribution in [0.2, 0.25) is 0 Å². The minimum atomic E-state index is -0.700. The Labute approximate surface area is 177 Å². The highest BCUT2D eigenvalue weighted by molar-refractivity contribution is 7.13. The molecule has 1 aromatic carbocycles. The molecule has 0 radical (unpaired) electrons. The van der Waals surface area contributed by atoms with Crippen LogP contribution >= 0.6 is 11.3 Å². The van der Waals surface area contributed by atoms with E-state index in [1.54, 1.807) is 34.1 Å². The number of hydrogen-bond donors (Lipinski definition) is 1. The Kier molecular flexibility index (Phi) is 4.49. The van der Waals surface area contributed by atoms with Crippen molar-refractivity contribution in [2.75, 3.05) is 5.32 Å². The Hall–Kier alpha value is -4.38. The number of carbonyl (C=O) groups is 1. The van der Waals surface area contributed by atoms with Crippen LogP contribution in [0, 0.1) is 10.1 Å². The number of nitro groups is 1. The van der Waals surface area contributed by atoms with Gasteiger partial charge in [-0.3, -0.25) is 14.9 Å². The van der Waals surface area contributed by atoms with E-state index in [4.69, 9.17) is 4.42 Å². The second kappa shape index (κ2) is 7.46. The predicted molar refractivity (Wildman–Crippen MR) is 113 cm³/mol. The number of thiophene rings is 1. The number of amides is 1. The third kappa shape index (κ3) is 3.53. The lowest BCUT2D eigenvalue weighted by atomic mass is 10.1. The van der Waals surface area contributed by atoms with Crippen LogP contribution < -0.4 is 5.32 Å². The normalized spacial score (nSPS) is 11.0. The summed E-state index contributed by atoms with van der Waals surface area (Å²) in [4.78, 5) is 23.3.